The molecular formula is C11H14N4O3S. The number of fused-ring (bicyclic) bond motifs is 1. The monoisotopic (exact) mass is 282 g/mol. The molecule has 0 aromatic carbocycles. The van der Waals surface area contributed by atoms with E-state index >= 15 is 0 Å². The van der Waals surface area contributed by atoms with Crippen LogP contribution in [0.1, 0.15) is 19.5 Å². The zero-order valence-corrected chi connectivity index (χ0v) is 11.7. The van der Waals surface area contributed by atoms with Gasteiger partial charge < -0.3 is 4.74 Å². The van der Waals surface area contributed by atoms with E-state index in [0.717, 1.165) is 0 Å². The number of H-pyrrole nitrogens is 1. The summed E-state index contributed by atoms with van der Waals surface area (Å²) in [5.74, 6) is -0.0204. The lowest BCUT2D eigenvalue weighted by molar-refractivity contribution is -0.142. The predicted molar refractivity (Wildman–Crippen MR) is 70.3 cm³/mol. The first-order valence-electron chi connectivity index (χ1n) is 5.81. The molecule has 0 amide bonds. The van der Waals surface area contributed by atoms with Crippen LogP contribution < -0.4 is 5.56 Å². The van der Waals surface area contributed by atoms with Crippen LogP contribution in [0.25, 0.3) is 5.78 Å². The van der Waals surface area contributed by atoms with Crippen LogP contribution in [0.15, 0.2) is 16.0 Å². The summed E-state index contributed by atoms with van der Waals surface area (Å²) in [4.78, 5) is 31.5. The summed E-state index contributed by atoms with van der Waals surface area (Å²) >= 11 is 1.19. The number of thioether (sulfide) groups is 1. The molecule has 2 heterocycles. The van der Waals surface area contributed by atoms with Gasteiger partial charge in [-0.1, -0.05) is 11.8 Å². The lowest BCUT2D eigenvalue weighted by Gasteiger charge is -2.07. The summed E-state index contributed by atoms with van der Waals surface area (Å²) in [5, 5.41) is 2.85. The van der Waals surface area contributed by atoms with Gasteiger partial charge >= 0.3 is 5.97 Å². The maximum atomic E-state index is 11.7. The van der Waals surface area contributed by atoms with E-state index in [4.69, 9.17) is 4.74 Å². The largest absolute Gasteiger partial charge is 0.465 e. The maximum Gasteiger partial charge on any atom is 0.319 e. The van der Waals surface area contributed by atoms with Crippen molar-refractivity contribution in [3.05, 3.63) is 22.1 Å². The molecule has 1 unspecified atom stereocenters. The zero-order chi connectivity index (χ0) is 14.0. The maximum absolute atomic E-state index is 11.7. The molecule has 0 saturated carbocycles. The topological polar surface area (TPSA) is 89.3 Å². The summed E-state index contributed by atoms with van der Waals surface area (Å²) in [7, 11) is 0. The Morgan fingerprint density at radius 1 is 1.58 bits per heavy atom. The minimum absolute atomic E-state index is 0.231. The van der Waals surface area contributed by atoms with Crippen LogP contribution in [0.5, 0.6) is 0 Å². The van der Waals surface area contributed by atoms with Gasteiger partial charge in [-0.15, -0.1) is 0 Å². The number of esters is 1. The first-order chi connectivity index (χ1) is 9.01. The first-order valence-corrected chi connectivity index (χ1v) is 6.69. The zero-order valence-electron chi connectivity index (χ0n) is 10.8. The molecule has 19 heavy (non-hydrogen) atoms. The molecule has 2 aromatic rings. The number of nitrogens with one attached hydrogen (secondary N) is 1. The molecule has 0 bridgehead atoms. The van der Waals surface area contributed by atoms with Gasteiger partial charge in [-0.05, 0) is 20.8 Å². The highest BCUT2D eigenvalue weighted by atomic mass is 32.2. The Balaban J connectivity index is 2.25. The molecule has 0 fully saturated rings. The Bertz CT molecular complexity index is 663. The van der Waals surface area contributed by atoms with Gasteiger partial charge in [-0.25, -0.2) is 4.98 Å². The summed E-state index contributed by atoms with van der Waals surface area (Å²) in [6.07, 6.45) is 0. The Kier molecular flexibility index (Phi) is 3.89. The van der Waals surface area contributed by atoms with Gasteiger partial charge in [0.05, 0.1) is 6.61 Å². The molecule has 8 heteroatoms. The molecule has 102 valence electrons. The van der Waals surface area contributed by atoms with E-state index in [1.165, 1.54) is 22.3 Å². The van der Waals surface area contributed by atoms with Gasteiger partial charge in [0.15, 0.2) is 5.16 Å². The molecule has 0 spiro atoms. The van der Waals surface area contributed by atoms with Crippen molar-refractivity contribution in [3.63, 3.8) is 0 Å². The molecular weight excluding hydrogens is 268 g/mol. The van der Waals surface area contributed by atoms with Crippen molar-refractivity contribution >= 4 is 23.5 Å². The van der Waals surface area contributed by atoms with E-state index in [9.17, 15) is 9.59 Å². The number of hydrogen-bond acceptors (Lipinski definition) is 6. The Morgan fingerprint density at radius 3 is 3.00 bits per heavy atom. The molecule has 2 rings (SSSR count). The van der Waals surface area contributed by atoms with Crippen LogP contribution in [-0.2, 0) is 9.53 Å². The van der Waals surface area contributed by atoms with Crippen LogP contribution in [0, 0.1) is 6.92 Å². The van der Waals surface area contributed by atoms with E-state index in [2.05, 4.69) is 15.1 Å². The summed E-state index contributed by atoms with van der Waals surface area (Å²) in [5.41, 5.74) is 0.372. The van der Waals surface area contributed by atoms with Crippen molar-refractivity contribution < 1.29 is 9.53 Å². The number of carbonyl (C=O) groups excluding carboxylic acids is 1. The molecule has 0 saturated heterocycles. The van der Waals surface area contributed by atoms with E-state index in [-0.39, 0.29) is 11.5 Å². The van der Waals surface area contributed by atoms with Gasteiger partial charge in [0.25, 0.3) is 11.3 Å². The predicted octanol–water partition coefficient (Wildman–Crippen LogP) is 0.770. The standard InChI is InChI=1S/C11H14N4O3S/c1-4-18-9(17)7(3)19-11-13-10-12-6(2)5-8(16)15(10)14-11/h5,7H,4H2,1-3H3,(H,12,13,14). The number of rotatable bonds is 4. The van der Waals surface area contributed by atoms with E-state index in [0.29, 0.717) is 23.2 Å². The van der Waals surface area contributed by atoms with Crippen molar-refractivity contribution in [2.75, 3.05) is 6.61 Å². The van der Waals surface area contributed by atoms with Crippen LogP contribution in [0.2, 0.25) is 0 Å². The molecule has 1 atom stereocenters. The second-order valence-electron chi connectivity index (χ2n) is 3.91. The van der Waals surface area contributed by atoms with Gasteiger partial charge in [0.1, 0.15) is 5.25 Å². The van der Waals surface area contributed by atoms with Crippen LogP contribution in [0.4, 0.5) is 0 Å². The van der Waals surface area contributed by atoms with Crippen molar-refractivity contribution in [3.8, 4) is 0 Å². The van der Waals surface area contributed by atoms with Gasteiger partial charge in [-0.2, -0.15) is 9.50 Å². The highest BCUT2D eigenvalue weighted by Crippen LogP contribution is 2.20. The average molecular weight is 282 g/mol. The second kappa shape index (κ2) is 5.43. The van der Waals surface area contributed by atoms with Gasteiger partial charge in [-0.3, -0.25) is 14.7 Å². The summed E-state index contributed by atoms with van der Waals surface area (Å²) in [6, 6.07) is 1.41. The number of aromatic nitrogens is 4. The smallest absolute Gasteiger partial charge is 0.319 e. The fourth-order valence-corrected chi connectivity index (χ4v) is 2.28. The lowest BCUT2D eigenvalue weighted by atomic mass is 10.5. The number of hydrogen-bond donors (Lipinski definition) is 1. The lowest BCUT2D eigenvalue weighted by Crippen LogP contribution is -2.17. The van der Waals surface area contributed by atoms with Crippen molar-refractivity contribution in [2.45, 2.75) is 31.2 Å². The number of ether oxygens (including phenoxy) is 1. The SMILES string of the molecule is CCOC(=O)C(C)Sc1nc2nc(C)cc(=O)n2[nH]1. The van der Waals surface area contributed by atoms with E-state index < -0.39 is 5.25 Å². The Hall–Kier alpha value is -1.83. The van der Waals surface area contributed by atoms with Gasteiger partial charge in [0.2, 0.25) is 0 Å². The van der Waals surface area contributed by atoms with Gasteiger partial charge in [0, 0.05) is 11.8 Å². The van der Waals surface area contributed by atoms with Crippen LogP contribution in [0.3, 0.4) is 0 Å². The quantitative estimate of drug-likeness (QED) is 0.658. The molecule has 1 N–H and O–H groups in total. The molecule has 0 radical (unpaired) electrons. The van der Waals surface area contributed by atoms with Crippen LogP contribution >= 0.6 is 11.8 Å². The van der Waals surface area contributed by atoms with Crippen molar-refractivity contribution in [1.82, 2.24) is 19.6 Å². The number of nitrogens with zero attached hydrogens (tertiary/aromatic N) is 3. The molecule has 0 aliphatic heterocycles. The Labute approximate surface area is 113 Å². The van der Waals surface area contributed by atoms with E-state index in [1.54, 1.807) is 20.8 Å². The first kappa shape index (κ1) is 13.6. The highest BCUT2D eigenvalue weighted by Gasteiger charge is 2.18. The third kappa shape index (κ3) is 2.95. The summed E-state index contributed by atoms with van der Waals surface area (Å²) < 4.78 is 6.15. The van der Waals surface area contributed by atoms with Crippen molar-refractivity contribution in [1.29, 1.82) is 0 Å². The second-order valence-corrected chi connectivity index (χ2v) is 5.24. The third-order valence-electron chi connectivity index (χ3n) is 2.35. The van der Waals surface area contributed by atoms with Crippen molar-refractivity contribution in [2.24, 2.45) is 0 Å². The molecule has 0 aliphatic carbocycles. The third-order valence-corrected chi connectivity index (χ3v) is 3.30. The van der Waals surface area contributed by atoms with E-state index in [1.807, 2.05) is 0 Å². The molecule has 0 aliphatic rings. The fraction of sp³-hybridized carbons (Fsp3) is 0.455. The Morgan fingerprint density at radius 2 is 2.32 bits per heavy atom. The fourth-order valence-electron chi connectivity index (χ4n) is 1.50. The number of aryl methyl sites for hydroxylation is 1. The molecule has 7 nitrogen and oxygen atoms in total. The average Bonchev–Trinajstić information content (AvgIpc) is 2.72. The minimum atomic E-state index is -0.405. The normalized spacial score (nSPS) is 12.6. The minimum Gasteiger partial charge on any atom is -0.465 e. The summed E-state index contributed by atoms with van der Waals surface area (Å²) in [6.45, 7) is 5.54. The highest BCUT2D eigenvalue weighted by molar-refractivity contribution is 8.00. The number of carbonyl (C=O) groups is 1. The molecule has 2 aromatic heterocycles. The van der Waals surface area contributed by atoms with Crippen LogP contribution in [-0.4, -0.2) is 37.4 Å². The number of aromatic amines is 1.